The molecule has 3 aromatic carbocycles. The van der Waals surface area contributed by atoms with Crippen LogP contribution in [-0.4, -0.2) is 31.6 Å². The van der Waals surface area contributed by atoms with E-state index in [2.05, 4.69) is 10.1 Å². The minimum Gasteiger partial charge on any atom is -0.465 e. The van der Waals surface area contributed by atoms with E-state index >= 15 is 0 Å². The Labute approximate surface area is 177 Å². The van der Waals surface area contributed by atoms with Crippen molar-refractivity contribution >= 4 is 45.3 Å². The lowest BCUT2D eigenvalue weighted by Crippen LogP contribution is -2.21. The highest BCUT2D eigenvalue weighted by molar-refractivity contribution is 6.08. The Morgan fingerprint density at radius 3 is 2.52 bits per heavy atom. The number of methoxy groups -OCH3 is 1. The number of fused-ring (bicyclic) bond motifs is 3. The lowest BCUT2D eigenvalue weighted by Gasteiger charge is -2.07. The zero-order valence-electron chi connectivity index (χ0n) is 16.7. The molecule has 0 radical (unpaired) electrons. The Kier molecular flexibility index (Phi) is 5.66. The summed E-state index contributed by atoms with van der Waals surface area (Å²) in [5.41, 5.74) is 2.23. The quantitative estimate of drug-likeness (QED) is 0.475. The van der Waals surface area contributed by atoms with E-state index in [1.165, 1.54) is 19.2 Å². The summed E-state index contributed by atoms with van der Waals surface area (Å²) in [5.74, 6) is -1.49. The van der Waals surface area contributed by atoms with Crippen LogP contribution in [0, 0.1) is 0 Å². The molecule has 0 atom stereocenters. The highest BCUT2D eigenvalue weighted by Gasteiger charge is 2.15. The Morgan fingerprint density at radius 1 is 0.968 bits per heavy atom. The third-order valence-electron chi connectivity index (χ3n) is 4.83. The molecule has 156 valence electrons. The fourth-order valence-corrected chi connectivity index (χ4v) is 3.36. The molecular weight excluding hydrogens is 398 g/mol. The lowest BCUT2D eigenvalue weighted by atomic mass is 10.0. The fraction of sp³-hybridized carbons (Fsp3) is 0.125. The first-order valence-electron chi connectivity index (χ1n) is 9.57. The number of esters is 2. The van der Waals surface area contributed by atoms with Crippen molar-refractivity contribution in [2.24, 2.45) is 0 Å². The number of amides is 1. The molecule has 0 fully saturated rings. The Bertz CT molecular complexity index is 1270. The van der Waals surface area contributed by atoms with Gasteiger partial charge in [-0.1, -0.05) is 30.3 Å². The maximum atomic E-state index is 12.3. The number of ether oxygens (including phenoxy) is 2. The zero-order chi connectivity index (χ0) is 21.8. The monoisotopic (exact) mass is 417 g/mol. The van der Waals surface area contributed by atoms with Gasteiger partial charge in [-0.25, -0.2) is 4.79 Å². The number of carbonyl (C=O) groups excluding carboxylic acids is 3. The van der Waals surface area contributed by atoms with Crippen LogP contribution in [0.25, 0.3) is 21.7 Å². The minimum absolute atomic E-state index is 0.0118. The van der Waals surface area contributed by atoms with E-state index in [0.717, 1.165) is 16.2 Å². The fourth-order valence-electron chi connectivity index (χ4n) is 3.36. The first-order valence-corrected chi connectivity index (χ1v) is 9.57. The van der Waals surface area contributed by atoms with Crippen LogP contribution in [0.4, 0.5) is 5.69 Å². The maximum absolute atomic E-state index is 12.3. The van der Waals surface area contributed by atoms with E-state index in [1.807, 2.05) is 36.4 Å². The van der Waals surface area contributed by atoms with Gasteiger partial charge in [0.15, 0.2) is 6.61 Å². The van der Waals surface area contributed by atoms with Crippen LogP contribution in [0.3, 0.4) is 0 Å². The second-order valence-electron chi connectivity index (χ2n) is 6.88. The lowest BCUT2D eigenvalue weighted by molar-refractivity contribution is -0.146. The predicted molar refractivity (Wildman–Crippen MR) is 115 cm³/mol. The van der Waals surface area contributed by atoms with Gasteiger partial charge in [0.1, 0.15) is 5.58 Å². The van der Waals surface area contributed by atoms with Crippen LogP contribution < -0.4 is 5.32 Å². The molecule has 0 aliphatic rings. The van der Waals surface area contributed by atoms with Crippen molar-refractivity contribution in [2.45, 2.75) is 6.42 Å². The van der Waals surface area contributed by atoms with Gasteiger partial charge in [0.05, 0.1) is 25.4 Å². The van der Waals surface area contributed by atoms with E-state index in [4.69, 9.17) is 9.15 Å². The number of benzene rings is 3. The van der Waals surface area contributed by atoms with Gasteiger partial charge in [-0.05, 0) is 41.1 Å². The summed E-state index contributed by atoms with van der Waals surface area (Å²) >= 11 is 0. The third kappa shape index (κ3) is 4.40. The molecule has 4 rings (SSSR count). The molecule has 4 aromatic rings. The number of furan rings is 1. The summed E-state index contributed by atoms with van der Waals surface area (Å²) in [7, 11) is 1.29. The first-order chi connectivity index (χ1) is 15.0. The molecule has 0 spiro atoms. The van der Waals surface area contributed by atoms with Crippen molar-refractivity contribution in [3.63, 3.8) is 0 Å². The molecule has 0 bridgehead atoms. The van der Waals surface area contributed by atoms with Crippen LogP contribution >= 0.6 is 0 Å². The van der Waals surface area contributed by atoms with E-state index in [-0.39, 0.29) is 6.42 Å². The third-order valence-corrected chi connectivity index (χ3v) is 4.83. The highest BCUT2D eigenvalue weighted by atomic mass is 16.5. The van der Waals surface area contributed by atoms with Gasteiger partial charge >= 0.3 is 11.9 Å². The Morgan fingerprint density at radius 2 is 1.74 bits per heavy atom. The summed E-state index contributed by atoms with van der Waals surface area (Å²) in [4.78, 5) is 35.8. The Hall–Kier alpha value is -4.13. The van der Waals surface area contributed by atoms with Crippen LogP contribution in [-0.2, 0) is 25.5 Å². The van der Waals surface area contributed by atoms with Crippen molar-refractivity contribution < 1.29 is 28.3 Å². The van der Waals surface area contributed by atoms with Gasteiger partial charge in [0.2, 0.25) is 0 Å². The molecule has 1 heterocycles. The molecule has 1 amide bonds. The highest BCUT2D eigenvalue weighted by Crippen LogP contribution is 2.30. The SMILES string of the molecule is COC(=O)c1ccc(NC(=O)COC(=O)Cc2coc3ccc4ccccc4c23)cc1. The van der Waals surface area contributed by atoms with Crippen molar-refractivity contribution in [3.8, 4) is 0 Å². The smallest absolute Gasteiger partial charge is 0.337 e. The van der Waals surface area contributed by atoms with Crippen LogP contribution in [0.5, 0.6) is 0 Å². The number of hydrogen-bond donors (Lipinski definition) is 1. The van der Waals surface area contributed by atoms with Gasteiger partial charge < -0.3 is 19.2 Å². The summed E-state index contributed by atoms with van der Waals surface area (Å²) < 4.78 is 15.3. The second kappa shape index (κ2) is 8.71. The largest absolute Gasteiger partial charge is 0.465 e. The van der Waals surface area contributed by atoms with Crippen LogP contribution in [0.1, 0.15) is 15.9 Å². The molecule has 0 unspecified atom stereocenters. The van der Waals surface area contributed by atoms with E-state index in [9.17, 15) is 14.4 Å². The van der Waals surface area contributed by atoms with Crippen LogP contribution in [0.2, 0.25) is 0 Å². The summed E-state index contributed by atoms with van der Waals surface area (Å²) in [6.45, 7) is -0.423. The zero-order valence-corrected chi connectivity index (χ0v) is 16.7. The summed E-state index contributed by atoms with van der Waals surface area (Å²) in [6, 6.07) is 17.9. The van der Waals surface area contributed by atoms with Gasteiger partial charge in [-0.3, -0.25) is 9.59 Å². The van der Waals surface area contributed by atoms with Crippen molar-refractivity contribution in [1.82, 2.24) is 0 Å². The number of rotatable bonds is 6. The molecule has 1 aromatic heterocycles. The van der Waals surface area contributed by atoms with E-state index in [1.54, 1.807) is 18.4 Å². The van der Waals surface area contributed by atoms with Crippen molar-refractivity contribution in [3.05, 3.63) is 78.1 Å². The molecular formula is C24H19NO6. The number of hydrogen-bond acceptors (Lipinski definition) is 6. The molecule has 7 nitrogen and oxygen atoms in total. The molecule has 0 saturated heterocycles. The Balaban J connectivity index is 1.37. The van der Waals surface area contributed by atoms with Crippen molar-refractivity contribution in [1.29, 1.82) is 0 Å². The molecule has 0 aliphatic carbocycles. The molecule has 0 saturated carbocycles. The van der Waals surface area contributed by atoms with Crippen molar-refractivity contribution in [2.75, 3.05) is 19.0 Å². The molecule has 0 aliphatic heterocycles. The molecule has 1 N–H and O–H groups in total. The van der Waals surface area contributed by atoms with E-state index in [0.29, 0.717) is 22.4 Å². The van der Waals surface area contributed by atoms with Gasteiger partial charge in [0, 0.05) is 16.6 Å². The average Bonchev–Trinajstić information content (AvgIpc) is 3.21. The topological polar surface area (TPSA) is 94.8 Å². The van der Waals surface area contributed by atoms with Crippen LogP contribution in [0.15, 0.2) is 71.3 Å². The average molecular weight is 417 g/mol. The predicted octanol–water partition coefficient (Wildman–Crippen LogP) is 4.10. The standard InChI is InChI=1S/C24H19NO6/c1-29-24(28)16-6-9-18(10-7-16)25-21(26)14-31-22(27)12-17-13-30-20-11-8-15-4-2-3-5-19(15)23(17)20/h2-11,13H,12,14H2,1H3,(H,25,26). The first kappa shape index (κ1) is 20.2. The second-order valence-corrected chi connectivity index (χ2v) is 6.88. The van der Waals surface area contributed by atoms with Gasteiger partial charge in [-0.2, -0.15) is 0 Å². The normalized spacial score (nSPS) is 10.7. The van der Waals surface area contributed by atoms with Gasteiger partial charge in [-0.15, -0.1) is 0 Å². The summed E-state index contributed by atoms with van der Waals surface area (Å²) in [6.07, 6.45) is 1.53. The molecule has 7 heteroatoms. The summed E-state index contributed by atoms with van der Waals surface area (Å²) in [5, 5.41) is 5.51. The number of carbonyl (C=O) groups is 3. The maximum Gasteiger partial charge on any atom is 0.337 e. The minimum atomic E-state index is -0.535. The number of nitrogens with one attached hydrogen (secondary N) is 1. The van der Waals surface area contributed by atoms with Gasteiger partial charge in [0.25, 0.3) is 5.91 Å². The molecule has 31 heavy (non-hydrogen) atoms. The van der Waals surface area contributed by atoms with E-state index < -0.39 is 24.5 Å². The number of anilines is 1.